The van der Waals surface area contributed by atoms with E-state index in [4.69, 9.17) is 9.68 Å². The number of fused-ring (bicyclic) bond motifs is 1. The number of aromatic nitrogens is 2. The molecular weight excluding hydrogens is 487 g/mol. The Morgan fingerprint density at radius 2 is 1.68 bits per heavy atom. The second kappa shape index (κ2) is 8.09. The minimum atomic E-state index is -4.39. The summed E-state index contributed by atoms with van der Waals surface area (Å²) in [4.78, 5) is 6.39. The maximum atomic E-state index is 13.6. The number of halogens is 3. The van der Waals surface area contributed by atoms with E-state index in [1.807, 2.05) is 6.07 Å². The molecule has 1 aromatic carbocycles. The van der Waals surface area contributed by atoms with Gasteiger partial charge in [-0.3, -0.25) is 4.98 Å². The number of allylic oxidation sites excluding steroid dienone is 2. The quantitative estimate of drug-likeness (QED) is 0.330. The third-order valence-corrected chi connectivity index (χ3v) is 9.77. The van der Waals surface area contributed by atoms with Gasteiger partial charge in [-0.15, -0.1) is 0 Å². The van der Waals surface area contributed by atoms with Gasteiger partial charge in [-0.05, 0) is 105 Å². The number of alkyl halides is 3. The molecule has 0 radical (unpaired) electrons. The van der Waals surface area contributed by atoms with E-state index in [0.717, 1.165) is 61.7 Å². The summed E-state index contributed by atoms with van der Waals surface area (Å²) in [5, 5.41) is 4.91. The molecule has 7 heteroatoms. The molecule has 0 bridgehead atoms. The van der Waals surface area contributed by atoms with E-state index in [2.05, 4.69) is 16.0 Å². The zero-order valence-electron chi connectivity index (χ0n) is 21.4. The lowest BCUT2D eigenvalue weighted by molar-refractivity contribution is -0.136. The van der Waals surface area contributed by atoms with Crippen LogP contribution < -0.4 is 4.90 Å². The van der Waals surface area contributed by atoms with E-state index in [1.54, 1.807) is 12.1 Å². The first kappa shape index (κ1) is 23.1. The van der Waals surface area contributed by atoms with Crippen LogP contribution in [-0.2, 0) is 6.18 Å². The predicted molar refractivity (Wildman–Crippen MR) is 140 cm³/mol. The molecule has 4 nitrogen and oxygen atoms in total. The summed E-state index contributed by atoms with van der Waals surface area (Å²) in [5.41, 5.74) is 4.88. The Labute approximate surface area is 220 Å². The normalized spacial score (nSPS) is 23.3. The minimum Gasteiger partial charge on any atom is -0.371 e. The summed E-state index contributed by atoms with van der Waals surface area (Å²) in [5.74, 6) is 3.88. The van der Waals surface area contributed by atoms with Crippen molar-refractivity contribution in [1.29, 1.82) is 0 Å². The molecule has 0 amide bonds. The fourth-order valence-corrected chi connectivity index (χ4v) is 7.22. The number of pyridine rings is 1. The SMILES string of the molecule is FC(F)(F)c1ccnc2ccc(N3CCC4(C=C(c5c(C(C6CC6)C6CC6)noc5C5CC5)C4)CC3)cc12. The van der Waals surface area contributed by atoms with Crippen LogP contribution in [0, 0.1) is 17.3 Å². The smallest absolute Gasteiger partial charge is 0.371 e. The van der Waals surface area contributed by atoms with Gasteiger partial charge < -0.3 is 9.42 Å². The van der Waals surface area contributed by atoms with Gasteiger partial charge in [0.15, 0.2) is 0 Å². The van der Waals surface area contributed by atoms with E-state index in [0.29, 0.717) is 17.4 Å². The van der Waals surface area contributed by atoms with Crippen LogP contribution in [-0.4, -0.2) is 23.2 Å². The number of hydrogen-bond acceptors (Lipinski definition) is 4. The Morgan fingerprint density at radius 3 is 2.32 bits per heavy atom. The van der Waals surface area contributed by atoms with Gasteiger partial charge in [-0.1, -0.05) is 11.2 Å². The lowest BCUT2D eigenvalue weighted by Crippen LogP contribution is -2.42. The Kier molecular flexibility index (Phi) is 4.92. The van der Waals surface area contributed by atoms with Gasteiger partial charge in [0.05, 0.1) is 16.8 Å². The zero-order valence-corrected chi connectivity index (χ0v) is 21.4. The molecule has 0 unspecified atom stereocenters. The zero-order chi connectivity index (χ0) is 25.6. The van der Waals surface area contributed by atoms with Gasteiger partial charge >= 0.3 is 6.18 Å². The first-order valence-electron chi connectivity index (χ1n) is 14.3. The van der Waals surface area contributed by atoms with Crippen molar-refractivity contribution in [1.82, 2.24) is 10.1 Å². The molecular formula is C31H32F3N3O. The van der Waals surface area contributed by atoms with Crippen molar-refractivity contribution in [2.45, 2.75) is 75.8 Å². The van der Waals surface area contributed by atoms with E-state index in [-0.39, 0.29) is 10.8 Å². The van der Waals surface area contributed by atoms with Crippen LogP contribution in [0.25, 0.3) is 16.5 Å². The Hall–Kier alpha value is -2.83. The van der Waals surface area contributed by atoms with Gasteiger partial charge in [-0.25, -0.2) is 0 Å². The van der Waals surface area contributed by atoms with Crippen LogP contribution in [0.3, 0.4) is 0 Å². The van der Waals surface area contributed by atoms with Crippen LogP contribution >= 0.6 is 0 Å². The first-order valence-corrected chi connectivity index (χ1v) is 14.3. The highest BCUT2D eigenvalue weighted by atomic mass is 19.4. The van der Waals surface area contributed by atoms with E-state index in [9.17, 15) is 13.2 Å². The third kappa shape index (κ3) is 3.87. The van der Waals surface area contributed by atoms with Gasteiger partial charge in [0.2, 0.25) is 0 Å². The topological polar surface area (TPSA) is 42.2 Å². The highest BCUT2D eigenvalue weighted by Gasteiger charge is 2.49. The van der Waals surface area contributed by atoms with Crippen LogP contribution in [0.15, 0.2) is 41.1 Å². The van der Waals surface area contributed by atoms with Crippen molar-refractivity contribution < 1.29 is 17.7 Å². The second-order valence-electron chi connectivity index (χ2n) is 12.5. The molecule has 1 saturated heterocycles. The first-order chi connectivity index (χ1) is 18.4. The Bertz CT molecular complexity index is 1420. The van der Waals surface area contributed by atoms with Crippen LogP contribution in [0.4, 0.5) is 18.9 Å². The molecule has 3 aromatic rings. The summed E-state index contributed by atoms with van der Waals surface area (Å²) in [7, 11) is 0. The van der Waals surface area contributed by atoms with Gasteiger partial charge in [0.25, 0.3) is 0 Å². The summed E-state index contributed by atoms with van der Waals surface area (Å²) >= 11 is 0. The molecule has 38 heavy (non-hydrogen) atoms. The number of hydrogen-bond donors (Lipinski definition) is 0. The van der Waals surface area contributed by atoms with Crippen molar-refractivity contribution in [3.05, 3.63) is 59.1 Å². The highest BCUT2D eigenvalue weighted by molar-refractivity contribution is 5.86. The molecule has 0 atom stereocenters. The standard InChI is InChI=1S/C31H32F3N3O/c32-31(33,34)24-9-12-35-25-8-7-22(15-23(24)25)37-13-10-30(11-14-37)16-21(17-30)27-28(36-38-29(27)20-5-6-20)26(18-1-2-18)19-3-4-19/h7-9,12,15-16,18-20,26H,1-6,10-11,13-14,17H2. The molecule has 3 heterocycles. The van der Waals surface area contributed by atoms with Crippen molar-refractivity contribution in [2.24, 2.45) is 17.3 Å². The van der Waals surface area contributed by atoms with E-state index >= 15 is 0 Å². The number of anilines is 1. The lowest BCUT2D eigenvalue weighted by atomic mass is 9.63. The average Bonchev–Trinajstić information content (AvgIpc) is 3.74. The van der Waals surface area contributed by atoms with Gasteiger partial charge in [-0.2, -0.15) is 13.2 Å². The minimum absolute atomic E-state index is 0.178. The molecule has 198 valence electrons. The highest BCUT2D eigenvalue weighted by Crippen LogP contribution is 2.60. The van der Waals surface area contributed by atoms with Crippen molar-refractivity contribution >= 4 is 22.2 Å². The van der Waals surface area contributed by atoms with Gasteiger partial charge in [0.1, 0.15) is 5.76 Å². The summed E-state index contributed by atoms with van der Waals surface area (Å²) in [6.07, 6.45) is 10.2. The molecule has 5 aliphatic rings. The summed E-state index contributed by atoms with van der Waals surface area (Å²) in [6, 6.07) is 6.38. The van der Waals surface area contributed by atoms with Crippen LogP contribution in [0.1, 0.15) is 92.2 Å². The molecule has 4 fully saturated rings. The van der Waals surface area contributed by atoms with Crippen molar-refractivity contribution in [3.63, 3.8) is 0 Å². The summed E-state index contributed by atoms with van der Waals surface area (Å²) in [6.45, 7) is 1.69. The third-order valence-electron chi connectivity index (χ3n) is 9.77. The molecule has 1 spiro atoms. The Balaban J connectivity index is 1.04. The Morgan fingerprint density at radius 1 is 0.974 bits per heavy atom. The maximum Gasteiger partial charge on any atom is 0.417 e. The molecule has 1 aliphatic heterocycles. The fraction of sp³-hybridized carbons (Fsp3) is 0.548. The predicted octanol–water partition coefficient (Wildman–Crippen LogP) is 8.10. The molecule has 8 rings (SSSR count). The number of benzene rings is 1. The second-order valence-corrected chi connectivity index (χ2v) is 12.5. The molecule has 0 N–H and O–H groups in total. The van der Waals surface area contributed by atoms with Crippen molar-refractivity contribution in [2.75, 3.05) is 18.0 Å². The average molecular weight is 520 g/mol. The van der Waals surface area contributed by atoms with Crippen LogP contribution in [0.2, 0.25) is 0 Å². The monoisotopic (exact) mass is 519 g/mol. The van der Waals surface area contributed by atoms with E-state index < -0.39 is 11.7 Å². The largest absolute Gasteiger partial charge is 0.417 e. The fourth-order valence-electron chi connectivity index (χ4n) is 7.22. The van der Waals surface area contributed by atoms with Gasteiger partial charge in [0, 0.05) is 47.8 Å². The number of rotatable bonds is 6. The van der Waals surface area contributed by atoms with E-state index in [1.165, 1.54) is 61.6 Å². The van der Waals surface area contributed by atoms with Crippen molar-refractivity contribution in [3.8, 4) is 0 Å². The number of nitrogens with zero attached hydrogens (tertiary/aromatic N) is 3. The molecule has 3 saturated carbocycles. The lowest BCUT2D eigenvalue weighted by Gasteiger charge is -2.47. The molecule has 4 aliphatic carbocycles. The molecule has 2 aromatic heterocycles. The van der Waals surface area contributed by atoms with Crippen LogP contribution in [0.5, 0.6) is 0 Å². The number of piperidine rings is 1. The maximum absolute atomic E-state index is 13.6. The summed E-state index contributed by atoms with van der Waals surface area (Å²) < 4.78 is 46.8.